The fraction of sp³-hybridized carbons (Fsp3) is 0.400. The van der Waals surface area contributed by atoms with Gasteiger partial charge in [0.05, 0.1) is 19.8 Å². The largest absolute Gasteiger partial charge is 0.497 e. The summed E-state index contributed by atoms with van der Waals surface area (Å²) < 4.78 is 35.4. The molecule has 2 aromatic rings. The molecule has 2 N–H and O–H groups in total. The molecular formula is C15H21N3O4S. The summed E-state index contributed by atoms with van der Waals surface area (Å²) in [7, 11) is -0.703. The summed E-state index contributed by atoms with van der Waals surface area (Å²) in [6, 6.07) is 7.40. The first-order chi connectivity index (χ1) is 10.8. The van der Waals surface area contributed by atoms with Crippen molar-refractivity contribution in [1.82, 2.24) is 9.78 Å². The molecule has 8 heteroatoms. The number of methoxy groups -OCH3 is 2. The normalized spacial score (nSPS) is 13.0. The molecule has 0 spiro atoms. The molecule has 0 aliphatic heterocycles. The summed E-state index contributed by atoms with van der Waals surface area (Å²) in [5.41, 5.74) is 1.50. The van der Waals surface area contributed by atoms with Crippen molar-refractivity contribution in [2.45, 2.75) is 31.0 Å². The second-order valence-electron chi connectivity index (χ2n) is 5.30. The first-order valence-corrected chi connectivity index (χ1v) is 8.63. The van der Waals surface area contributed by atoms with Crippen LogP contribution in [-0.4, -0.2) is 38.5 Å². The molecule has 0 aliphatic carbocycles. The van der Waals surface area contributed by atoms with Crippen molar-refractivity contribution in [3.8, 4) is 5.75 Å². The van der Waals surface area contributed by atoms with Crippen molar-refractivity contribution < 1.29 is 17.9 Å². The molecule has 23 heavy (non-hydrogen) atoms. The minimum atomic E-state index is -3.89. The Kier molecular flexibility index (Phi) is 5.40. The molecule has 0 radical (unpaired) electrons. The number of hydrogen-bond donors (Lipinski definition) is 1. The first-order valence-electron chi connectivity index (χ1n) is 7.08. The lowest BCUT2D eigenvalue weighted by molar-refractivity contribution is 0.0994. The zero-order valence-corrected chi connectivity index (χ0v) is 14.2. The lowest BCUT2D eigenvalue weighted by Crippen LogP contribution is -2.17. The van der Waals surface area contributed by atoms with Gasteiger partial charge in [-0.15, -0.1) is 0 Å². The van der Waals surface area contributed by atoms with Gasteiger partial charge in [-0.3, -0.25) is 4.68 Å². The van der Waals surface area contributed by atoms with Crippen LogP contribution in [0.25, 0.3) is 0 Å². The molecule has 0 amide bonds. The highest BCUT2D eigenvalue weighted by atomic mass is 32.2. The highest BCUT2D eigenvalue weighted by Crippen LogP contribution is 2.19. The highest BCUT2D eigenvalue weighted by molar-refractivity contribution is 7.89. The van der Waals surface area contributed by atoms with Crippen LogP contribution in [0, 0.1) is 0 Å². The molecule has 0 aliphatic rings. The van der Waals surface area contributed by atoms with E-state index in [0.29, 0.717) is 18.5 Å². The van der Waals surface area contributed by atoms with E-state index in [9.17, 15) is 8.42 Å². The molecule has 2 rings (SSSR count). The number of nitrogens with zero attached hydrogens (tertiary/aromatic N) is 2. The quantitative estimate of drug-likeness (QED) is 0.816. The van der Waals surface area contributed by atoms with E-state index in [2.05, 4.69) is 5.10 Å². The summed E-state index contributed by atoms with van der Waals surface area (Å²) in [5, 5.41) is 9.28. The maximum Gasteiger partial charge on any atom is 0.257 e. The second-order valence-corrected chi connectivity index (χ2v) is 6.77. The van der Waals surface area contributed by atoms with Crippen LogP contribution in [0.2, 0.25) is 0 Å². The number of hydrogen-bond acceptors (Lipinski definition) is 5. The minimum Gasteiger partial charge on any atom is -0.497 e. The summed E-state index contributed by atoms with van der Waals surface area (Å²) in [5.74, 6) is 0.741. The molecule has 126 valence electrons. The van der Waals surface area contributed by atoms with Gasteiger partial charge in [0, 0.05) is 25.3 Å². The Morgan fingerprint density at radius 1 is 1.26 bits per heavy atom. The zero-order valence-electron chi connectivity index (χ0n) is 13.4. The lowest BCUT2D eigenvalue weighted by atomic mass is 10.1. The third-order valence-electron chi connectivity index (χ3n) is 3.47. The van der Waals surface area contributed by atoms with Crippen molar-refractivity contribution in [2.75, 3.05) is 14.2 Å². The van der Waals surface area contributed by atoms with Crippen LogP contribution in [0.15, 0.2) is 35.5 Å². The summed E-state index contributed by atoms with van der Waals surface area (Å²) >= 11 is 0. The average Bonchev–Trinajstić information content (AvgIpc) is 2.90. The Morgan fingerprint density at radius 3 is 2.43 bits per heavy atom. The topological polar surface area (TPSA) is 96.4 Å². The fourth-order valence-electron chi connectivity index (χ4n) is 2.20. The Labute approximate surface area is 136 Å². The van der Waals surface area contributed by atoms with Gasteiger partial charge in [0.25, 0.3) is 10.0 Å². The van der Waals surface area contributed by atoms with Gasteiger partial charge in [-0.25, -0.2) is 13.6 Å². The van der Waals surface area contributed by atoms with E-state index < -0.39 is 10.0 Å². The molecule has 1 aromatic carbocycles. The molecular weight excluding hydrogens is 318 g/mol. The van der Waals surface area contributed by atoms with Crippen molar-refractivity contribution in [2.24, 2.45) is 5.14 Å². The summed E-state index contributed by atoms with van der Waals surface area (Å²) in [4.78, 5) is 0. The molecule has 0 saturated heterocycles. The van der Waals surface area contributed by atoms with Gasteiger partial charge < -0.3 is 9.47 Å². The van der Waals surface area contributed by atoms with Crippen LogP contribution in [0.3, 0.4) is 0 Å². The monoisotopic (exact) mass is 339 g/mol. The standard InChI is InChI=1S/C15H21N3O4S/c1-11(21-2)9-18-10-13(15(17-18)23(16,19)20)8-12-4-6-14(22-3)7-5-12/h4-7,10-11H,8-9H2,1-3H3,(H2,16,19,20). The van der Waals surface area contributed by atoms with E-state index in [0.717, 1.165) is 11.3 Å². The van der Waals surface area contributed by atoms with Gasteiger partial charge in [-0.2, -0.15) is 5.10 Å². The van der Waals surface area contributed by atoms with Gasteiger partial charge in [-0.1, -0.05) is 12.1 Å². The number of ether oxygens (including phenoxy) is 2. The van der Waals surface area contributed by atoms with Crippen LogP contribution in [-0.2, 0) is 27.7 Å². The Hall–Kier alpha value is -1.90. The molecule has 1 heterocycles. The molecule has 1 unspecified atom stereocenters. The van der Waals surface area contributed by atoms with Crippen LogP contribution in [0.1, 0.15) is 18.1 Å². The Balaban J connectivity index is 2.31. The van der Waals surface area contributed by atoms with Gasteiger partial charge in [0.15, 0.2) is 5.03 Å². The van der Waals surface area contributed by atoms with E-state index in [1.807, 2.05) is 31.2 Å². The lowest BCUT2D eigenvalue weighted by Gasteiger charge is -2.08. The molecule has 1 aromatic heterocycles. The number of sulfonamides is 1. The number of aromatic nitrogens is 2. The maximum atomic E-state index is 11.8. The van der Waals surface area contributed by atoms with Crippen LogP contribution in [0.5, 0.6) is 5.75 Å². The number of primary sulfonamides is 1. The van der Waals surface area contributed by atoms with Gasteiger partial charge in [0.1, 0.15) is 5.75 Å². The minimum absolute atomic E-state index is 0.0861. The number of benzene rings is 1. The smallest absolute Gasteiger partial charge is 0.257 e. The number of rotatable bonds is 7. The van der Waals surface area contributed by atoms with Crippen molar-refractivity contribution in [1.29, 1.82) is 0 Å². The maximum absolute atomic E-state index is 11.8. The third-order valence-corrected chi connectivity index (χ3v) is 4.35. The molecule has 1 atom stereocenters. The summed E-state index contributed by atoms with van der Waals surface area (Å²) in [6.45, 7) is 2.32. The predicted molar refractivity (Wildman–Crippen MR) is 85.9 cm³/mol. The number of nitrogens with two attached hydrogens (primary N) is 1. The SMILES string of the molecule is COc1ccc(Cc2cn(CC(C)OC)nc2S(N)(=O)=O)cc1. The van der Waals surface area contributed by atoms with E-state index in [4.69, 9.17) is 14.6 Å². The highest BCUT2D eigenvalue weighted by Gasteiger charge is 2.20. The second kappa shape index (κ2) is 7.12. The molecule has 0 saturated carbocycles. The third kappa shape index (κ3) is 4.54. The molecule has 7 nitrogen and oxygen atoms in total. The summed E-state index contributed by atoms with van der Waals surface area (Å²) in [6.07, 6.45) is 2.02. The molecule has 0 fully saturated rings. The van der Waals surface area contributed by atoms with Gasteiger partial charge in [-0.05, 0) is 24.6 Å². The van der Waals surface area contributed by atoms with Gasteiger partial charge in [0.2, 0.25) is 0 Å². The van der Waals surface area contributed by atoms with Crippen molar-refractivity contribution in [3.05, 3.63) is 41.6 Å². The van der Waals surface area contributed by atoms with E-state index in [-0.39, 0.29) is 11.1 Å². The molecule has 0 bridgehead atoms. The Bertz CT molecular complexity index is 754. The Morgan fingerprint density at radius 2 is 1.91 bits per heavy atom. The van der Waals surface area contributed by atoms with E-state index >= 15 is 0 Å². The zero-order chi connectivity index (χ0) is 17.0. The fourth-order valence-corrected chi connectivity index (χ4v) is 2.91. The van der Waals surface area contributed by atoms with E-state index in [1.54, 1.807) is 25.1 Å². The average molecular weight is 339 g/mol. The van der Waals surface area contributed by atoms with Gasteiger partial charge >= 0.3 is 0 Å². The van der Waals surface area contributed by atoms with Crippen molar-refractivity contribution >= 4 is 10.0 Å². The van der Waals surface area contributed by atoms with E-state index in [1.165, 1.54) is 0 Å². The van der Waals surface area contributed by atoms with Crippen molar-refractivity contribution in [3.63, 3.8) is 0 Å². The predicted octanol–water partition coefficient (Wildman–Crippen LogP) is 1.16. The van der Waals surface area contributed by atoms with Crippen LogP contribution >= 0.6 is 0 Å². The first kappa shape index (κ1) is 17.5. The van der Waals surface area contributed by atoms with Crippen LogP contribution in [0.4, 0.5) is 0 Å². The van der Waals surface area contributed by atoms with Crippen LogP contribution < -0.4 is 9.88 Å².